The molecule has 2 aromatic heterocycles. The minimum atomic E-state index is -0.329. The number of likely N-dealkylation sites (tertiary alicyclic amines) is 1. The van der Waals surface area contributed by atoms with Crippen LogP contribution in [0.15, 0.2) is 17.5 Å². The fraction of sp³-hybridized carbons (Fsp3) is 0.562. The SMILES string of the molecule is CCc1nn(C)c(NCC(c2cccs2)N2CCCC2)c1[N+](=O)[O-]. The largest absolute Gasteiger partial charge is 0.363 e. The molecule has 3 heterocycles. The molecule has 3 rings (SSSR count). The van der Waals surface area contributed by atoms with Crippen molar-refractivity contribution < 1.29 is 4.92 Å². The monoisotopic (exact) mass is 349 g/mol. The number of nitro groups is 1. The fourth-order valence-corrected chi connectivity index (χ4v) is 4.19. The van der Waals surface area contributed by atoms with Crippen LogP contribution in [0.5, 0.6) is 0 Å². The van der Waals surface area contributed by atoms with E-state index in [0.29, 0.717) is 24.5 Å². The van der Waals surface area contributed by atoms with Gasteiger partial charge in [0.1, 0.15) is 5.69 Å². The van der Waals surface area contributed by atoms with Crippen LogP contribution in [0.25, 0.3) is 0 Å². The second kappa shape index (κ2) is 7.31. The van der Waals surface area contributed by atoms with Gasteiger partial charge in [-0.15, -0.1) is 11.3 Å². The van der Waals surface area contributed by atoms with Crippen molar-refractivity contribution in [1.29, 1.82) is 0 Å². The number of aryl methyl sites for hydroxylation is 2. The molecule has 0 saturated carbocycles. The van der Waals surface area contributed by atoms with Crippen LogP contribution in [-0.2, 0) is 13.5 Å². The van der Waals surface area contributed by atoms with Gasteiger partial charge in [0, 0.05) is 18.5 Å². The Labute approximate surface area is 145 Å². The number of rotatable bonds is 7. The number of hydrogen-bond acceptors (Lipinski definition) is 6. The maximum atomic E-state index is 11.4. The lowest BCUT2D eigenvalue weighted by Crippen LogP contribution is -2.30. The van der Waals surface area contributed by atoms with Gasteiger partial charge in [0.05, 0.1) is 11.0 Å². The summed E-state index contributed by atoms with van der Waals surface area (Å²) in [5.74, 6) is 0.498. The Bertz CT molecular complexity index is 692. The highest BCUT2D eigenvalue weighted by atomic mass is 32.1. The molecule has 2 aromatic rings. The van der Waals surface area contributed by atoms with Crippen LogP contribution in [0.4, 0.5) is 11.5 Å². The van der Waals surface area contributed by atoms with Crippen molar-refractivity contribution in [1.82, 2.24) is 14.7 Å². The smallest absolute Gasteiger partial charge is 0.333 e. The van der Waals surface area contributed by atoms with Gasteiger partial charge in [0.2, 0.25) is 5.82 Å². The minimum absolute atomic E-state index is 0.103. The molecule has 7 nitrogen and oxygen atoms in total. The predicted octanol–water partition coefficient (Wildman–Crippen LogP) is 3.20. The fourth-order valence-electron chi connectivity index (χ4n) is 3.33. The zero-order valence-corrected chi connectivity index (χ0v) is 14.9. The van der Waals surface area contributed by atoms with Gasteiger partial charge in [0.15, 0.2) is 0 Å². The maximum absolute atomic E-state index is 11.4. The van der Waals surface area contributed by atoms with Crippen LogP contribution < -0.4 is 5.32 Å². The third-order valence-corrected chi connectivity index (χ3v) is 5.50. The first kappa shape index (κ1) is 16.9. The predicted molar refractivity (Wildman–Crippen MR) is 95.6 cm³/mol. The summed E-state index contributed by atoms with van der Waals surface area (Å²) in [4.78, 5) is 14.9. The van der Waals surface area contributed by atoms with E-state index in [1.165, 1.54) is 17.7 Å². The van der Waals surface area contributed by atoms with Crippen LogP contribution in [0.1, 0.15) is 36.4 Å². The Balaban J connectivity index is 1.82. The highest BCUT2D eigenvalue weighted by molar-refractivity contribution is 7.10. The molecule has 0 bridgehead atoms. The van der Waals surface area contributed by atoms with Gasteiger partial charge in [-0.05, 0) is 43.8 Å². The minimum Gasteiger partial charge on any atom is -0.363 e. The molecular weight excluding hydrogens is 326 g/mol. The van der Waals surface area contributed by atoms with Gasteiger partial charge >= 0.3 is 5.69 Å². The molecule has 0 radical (unpaired) electrons. The van der Waals surface area contributed by atoms with Crippen LogP contribution >= 0.6 is 11.3 Å². The summed E-state index contributed by atoms with van der Waals surface area (Å²) >= 11 is 1.74. The highest BCUT2D eigenvalue weighted by Crippen LogP contribution is 2.32. The molecule has 24 heavy (non-hydrogen) atoms. The molecule has 130 valence electrons. The Kier molecular flexibility index (Phi) is 5.15. The van der Waals surface area contributed by atoms with Crippen molar-refractivity contribution in [3.63, 3.8) is 0 Å². The molecule has 0 aliphatic carbocycles. The first-order chi connectivity index (χ1) is 11.6. The molecule has 1 unspecified atom stereocenters. The van der Waals surface area contributed by atoms with Crippen molar-refractivity contribution in [2.75, 3.05) is 25.0 Å². The van der Waals surface area contributed by atoms with E-state index >= 15 is 0 Å². The standard InChI is InChI=1S/C16H23N5O2S/c1-3-12-15(21(22)23)16(19(2)18-12)17-11-13(14-7-6-10-24-14)20-8-4-5-9-20/h6-7,10,13,17H,3-5,8-9,11H2,1-2H3. The van der Waals surface area contributed by atoms with Crippen molar-refractivity contribution in [2.24, 2.45) is 7.05 Å². The Hall–Kier alpha value is -1.93. The lowest BCUT2D eigenvalue weighted by molar-refractivity contribution is -0.384. The van der Waals surface area contributed by atoms with Crippen molar-refractivity contribution in [2.45, 2.75) is 32.2 Å². The number of aromatic nitrogens is 2. The number of nitrogens with zero attached hydrogens (tertiary/aromatic N) is 4. The molecule has 0 aromatic carbocycles. The summed E-state index contributed by atoms with van der Waals surface area (Å²) in [5, 5.41) is 21.1. The van der Waals surface area contributed by atoms with Crippen molar-refractivity contribution >= 4 is 22.8 Å². The number of anilines is 1. The van der Waals surface area contributed by atoms with Gasteiger partial charge in [-0.25, -0.2) is 4.68 Å². The topological polar surface area (TPSA) is 76.2 Å². The van der Waals surface area contributed by atoms with Crippen LogP contribution in [-0.4, -0.2) is 39.2 Å². The first-order valence-corrected chi connectivity index (χ1v) is 9.21. The number of hydrogen-bond donors (Lipinski definition) is 1. The summed E-state index contributed by atoms with van der Waals surface area (Å²) in [6, 6.07) is 4.45. The third-order valence-electron chi connectivity index (χ3n) is 4.53. The number of thiophene rings is 1. The summed E-state index contributed by atoms with van der Waals surface area (Å²) < 4.78 is 1.59. The molecule has 8 heteroatoms. The summed E-state index contributed by atoms with van der Waals surface area (Å²) in [7, 11) is 1.75. The van der Waals surface area contributed by atoms with E-state index in [2.05, 4.69) is 32.8 Å². The lowest BCUT2D eigenvalue weighted by atomic mass is 10.2. The van der Waals surface area contributed by atoms with Crippen molar-refractivity contribution in [3.8, 4) is 0 Å². The van der Waals surface area contributed by atoms with E-state index in [4.69, 9.17) is 0 Å². The molecule has 1 aliphatic heterocycles. The van der Waals surface area contributed by atoms with Gasteiger partial charge < -0.3 is 5.32 Å². The highest BCUT2D eigenvalue weighted by Gasteiger charge is 2.28. The van der Waals surface area contributed by atoms with E-state index in [-0.39, 0.29) is 16.7 Å². The maximum Gasteiger partial charge on any atom is 0.333 e. The summed E-state index contributed by atoms with van der Waals surface area (Å²) in [6.07, 6.45) is 2.98. The number of nitrogens with one attached hydrogen (secondary N) is 1. The Morgan fingerprint density at radius 1 is 1.46 bits per heavy atom. The molecule has 0 amide bonds. The zero-order chi connectivity index (χ0) is 17.1. The van der Waals surface area contributed by atoms with E-state index in [1.807, 2.05) is 6.92 Å². The van der Waals surface area contributed by atoms with Gasteiger partial charge in [-0.3, -0.25) is 15.0 Å². The van der Waals surface area contributed by atoms with Crippen molar-refractivity contribution in [3.05, 3.63) is 38.2 Å². The lowest BCUT2D eigenvalue weighted by Gasteiger charge is -2.27. The van der Waals surface area contributed by atoms with E-state index in [9.17, 15) is 10.1 Å². The van der Waals surface area contributed by atoms with E-state index in [0.717, 1.165) is 13.1 Å². The molecule has 0 spiro atoms. The Morgan fingerprint density at radius 2 is 2.21 bits per heavy atom. The molecule has 1 aliphatic rings. The average molecular weight is 349 g/mol. The third kappa shape index (κ3) is 3.29. The second-order valence-electron chi connectivity index (χ2n) is 6.03. The Morgan fingerprint density at radius 3 is 2.79 bits per heavy atom. The van der Waals surface area contributed by atoms with Crippen LogP contribution in [0, 0.1) is 10.1 Å². The second-order valence-corrected chi connectivity index (χ2v) is 7.01. The van der Waals surface area contributed by atoms with Crippen LogP contribution in [0.3, 0.4) is 0 Å². The first-order valence-electron chi connectivity index (χ1n) is 8.33. The average Bonchev–Trinajstić information content (AvgIpc) is 3.29. The zero-order valence-electron chi connectivity index (χ0n) is 14.1. The molecule has 1 fully saturated rings. The summed E-state index contributed by atoms with van der Waals surface area (Å²) in [6.45, 7) is 4.69. The van der Waals surface area contributed by atoms with E-state index < -0.39 is 0 Å². The molecular formula is C16H23N5O2S. The van der Waals surface area contributed by atoms with Gasteiger partial charge in [-0.2, -0.15) is 5.10 Å². The molecule has 1 N–H and O–H groups in total. The van der Waals surface area contributed by atoms with Crippen LogP contribution in [0.2, 0.25) is 0 Å². The molecule has 1 saturated heterocycles. The summed E-state index contributed by atoms with van der Waals surface area (Å²) in [5.41, 5.74) is 0.630. The normalized spacial score (nSPS) is 16.4. The quantitative estimate of drug-likeness (QED) is 0.613. The van der Waals surface area contributed by atoms with Gasteiger partial charge in [0.25, 0.3) is 0 Å². The van der Waals surface area contributed by atoms with Gasteiger partial charge in [-0.1, -0.05) is 13.0 Å². The van der Waals surface area contributed by atoms with E-state index in [1.54, 1.807) is 23.1 Å². The molecule has 1 atom stereocenters.